The summed E-state index contributed by atoms with van der Waals surface area (Å²) in [5, 5.41) is 25.3. The molecule has 0 saturated carbocycles. The van der Waals surface area contributed by atoms with E-state index in [2.05, 4.69) is 20.4 Å². The van der Waals surface area contributed by atoms with Gasteiger partial charge in [0.1, 0.15) is 0 Å². The number of nitrogens with zero attached hydrogens (tertiary/aromatic N) is 2. The zero-order chi connectivity index (χ0) is 35.9. The van der Waals surface area contributed by atoms with Crippen molar-refractivity contribution < 1.29 is 23.7 Å². The van der Waals surface area contributed by atoms with E-state index in [1.807, 2.05) is 0 Å². The summed E-state index contributed by atoms with van der Waals surface area (Å²) in [4.78, 5) is 5.30. The van der Waals surface area contributed by atoms with Gasteiger partial charge in [0.2, 0.25) is 0 Å². The quantitative estimate of drug-likeness (QED) is 0.0727. The Morgan fingerprint density at radius 2 is 0.882 bits per heavy atom. The molecule has 2 aromatic carbocycles. The molecule has 2 saturated heterocycles. The highest BCUT2D eigenvalue weighted by atomic mass is 19.1. The number of benzene rings is 2. The highest BCUT2D eigenvalue weighted by Crippen LogP contribution is 2.22. The van der Waals surface area contributed by atoms with Gasteiger partial charge in [-0.3, -0.25) is 0 Å². The Hall–Kier alpha value is -2.30. The molecular weight excluding hydrogens is 646 g/mol. The van der Waals surface area contributed by atoms with Crippen molar-refractivity contribution in [2.45, 2.75) is 141 Å². The van der Waals surface area contributed by atoms with E-state index in [0.29, 0.717) is 25.3 Å². The second-order valence-corrected chi connectivity index (χ2v) is 15.1. The van der Waals surface area contributed by atoms with Crippen LogP contribution in [0.3, 0.4) is 0 Å². The second kappa shape index (κ2) is 24.9. The van der Waals surface area contributed by atoms with E-state index in [4.69, 9.17) is 4.74 Å². The van der Waals surface area contributed by atoms with E-state index in [1.165, 1.54) is 166 Å². The highest BCUT2D eigenvalue weighted by molar-refractivity contribution is 5.28. The number of rotatable bonds is 26. The zero-order valence-corrected chi connectivity index (χ0v) is 31.4. The summed E-state index contributed by atoms with van der Waals surface area (Å²) in [7, 11) is 0. The molecule has 0 atom stereocenters. The number of phenols is 2. The number of likely N-dealkylation sites (tertiary alicyclic amines) is 2. The Bertz CT molecular complexity index is 1110. The fourth-order valence-electron chi connectivity index (χ4n) is 7.53. The SMILES string of the molecule is Oc1ccc(CNCCCCCCCCCN2CCC(OC3CCN(CCCCCCCCCNCc4ccc(O)c(F)c4)CC3)CC2)cc1F. The lowest BCUT2D eigenvalue weighted by Gasteiger charge is -2.37. The van der Waals surface area contributed by atoms with E-state index in [0.717, 1.165) is 37.1 Å². The first-order chi connectivity index (χ1) is 25.0. The average molecular weight is 715 g/mol. The first-order valence-electron chi connectivity index (χ1n) is 20.4. The molecule has 0 unspecified atom stereocenters. The van der Waals surface area contributed by atoms with Gasteiger partial charge in [0, 0.05) is 39.3 Å². The van der Waals surface area contributed by atoms with Crippen LogP contribution in [0.2, 0.25) is 0 Å². The molecule has 0 aromatic heterocycles. The average Bonchev–Trinajstić information content (AvgIpc) is 3.13. The van der Waals surface area contributed by atoms with Gasteiger partial charge >= 0.3 is 0 Å². The molecule has 2 aromatic rings. The van der Waals surface area contributed by atoms with Crippen LogP contribution in [0.5, 0.6) is 11.5 Å². The van der Waals surface area contributed by atoms with Gasteiger partial charge in [-0.25, -0.2) is 8.78 Å². The summed E-state index contributed by atoms with van der Waals surface area (Å²) < 4.78 is 33.4. The fourth-order valence-corrected chi connectivity index (χ4v) is 7.53. The highest BCUT2D eigenvalue weighted by Gasteiger charge is 2.25. The third-order valence-electron chi connectivity index (χ3n) is 10.8. The molecule has 2 heterocycles. The van der Waals surface area contributed by atoms with Gasteiger partial charge in [0.25, 0.3) is 0 Å². The van der Waals surface area contributed by atoms with Gasteiger partial charge in [-0.05, 0) is 113 Å². The minimum absolute atomic E-state index is 0.287. The molecule has 7 nitrogen and oxygen atoms in total. The van der Waals surface area contributed by atoms with Crippen molar-refractivity contribution in [3.05, 3.63) is 59.2 Å². The van der Waals surface area contributed by atoms with Crippen molar-refractivity contribution >= 4 is 0 Å². The lowest BCUT2D eigenvalue weighted by atomic mass is 10.0. The Morgan fingerprint density at radius 1 is 0.529 bits per heavy atom. The Kier molecular flexibility index (Phi) is 20.2. The van der Waals surface area contributed by atoms with Gasteiger partial charge in [-0.1, -0.05) is 76.3 Å². The first kappa shape index (κ1) is 41.5. The lowest BCUT2D eigenvalue weighted by molar-refractivity contribution is -0.0650. The molecule has 0 aliphatic carbocycles. The van der Waals surface area contributed by atoms with Crippen LogP contribution in [0.25, 0.3) is 0 Å². The maximum Gasteiger partial charge on any atom is 0.165 e. The Labute approximate surface area is 307 Å². The molecule has 0 amide bonds. The van der Waals surface area contributed by atoms with Gasteiger partial charge in [-0.15, -0.1) is 0 Å². The number of halogens is 2. The summed E-state index contributed by atoms with van der Waals surface area (Å²) in [5.74, 6) is -1.68. The number of aromatic hydroxyl groups is 2. The number of unbranched alkanes of at least 4 members (excludes halogenated alkanes) is 12. The molecule has 4 rings (SSSR count). The molecular formula is C42H68F2N4O3. The number of nitrogens with one attached hydrogen (secondary N) is 2. The van der Waals surface area contributed by atoms with Gasteiger partial charge in [0.05, 0.1) is 12.2 Å². The molecule has 2 aliphatic rings. The van der Waals surface area contributed by atoms with Crippen molar-refractivity contribution in [1.29, 1.82) is 0 Å². The van der Waals surface area contributed by atoms with Crippen LogP contribution in [0.1, 0.15) is 127 Å². The molecule has 2 aliphatic heterocycles. The predicted octanol–water partition coefficient (Wildman–Crippen LogP) is 8.66. The zero-order valence-electron chi connectivity index (χ0n) is 31.4. The number of hydrogen-bond acceptors (Lipinski definition) is 7. The van der Waals surface area contributed by atoms with Crippen molar-refractivity contribution in [2.24, 2.45) is 0 Å². The Balaban J connectivity index is 0.867. The van der Waals surface area contributed by atoms with Crippen LogP contribution in [-0.4, -0.2) is 84.6 Å². The van der Waals surface area contributed by atoms with E-state index in [-0.39, 0.29) is 11.5 Å². The first-order valence-corrected chi connectivity index (χ1v) is 20.4. The van der Waals surface area contributed by atoms with Crippen molar-refractivity contribution in [1.82, 2.24) is 20.4 Å². The molecule has 4 N–H and O–H groups in total. The van der Waals surface area contributed by atoms with Crippen LogP contribution in [0.15, 0.2) is 36.4 Å². The van der Waals surface area contributed by atoms with Crippen molar-refractivity contribution in [2.75, 3.05) is 52.4 Å². The third kappa shape index (κ3) is 17.4. The summed E-state index contributed by atoms with van der Waals surface area (Å²) in [6, 6.07) is 9.15. The molecule has 0 bridgehead atoms. The van der Waals surface area contributed by atoms with Crippen LogP contribution in [0.4, 0.5) is 8.78 Å². The van der Waals surface area contributed by atoms with E-state index in [9.17, 15) is 19.0 Å². The number of phenolic OH excluding ortho intramolecular Hbond substituents is 2. The van der Waals surface area contributed by atoms with E-state index >= 15 is 0 Å². The van der Waals surface area contributed by atoms with E-state index < -0.39 is 11.6 Å². The number of piperidine rings is 2. The minimum atomic E-state index is -0.552. The normalized spacial score (nSPS) is 16.7. The van der Waals surface area contributed by atoms with Crippen LogP contribution in [-0.2, 0) is 17.8 Å². The second-order valence-electron chi connectivity index (χ2n) is 15.1. The standard InChI is InChI=1S/C42H68F2N4O3/c43-39-31-35(15-17-41(39)49)33-45-23-11-7-3-1-5-9-13-25-47-27-19-37(20-28-47)51-38-21-29-48(30-22-38)26-14-10-6-2-4-8-12-24-46-34-36-16-18-42(50)40(44)32-36/h15-18,31-32,37-38,45-46,49-50H,1-14,19-30,33-34H2. The molecule has 2 fully saturated rings. The maximum absolute atomic E-state index is 13.4. The van der Waals surface area contributed by atoms with Gasteiger partial charge < -0.3 is 35.4 Å². The maximum atomic E-state index is 13.4. The van der Waals surface area contributed by atoms with Crippen LogP contribution in [0, 0.1) is 11.6 Å². The van der Waals surface area contributed by atoms with E-state index in [1.54, 1.807) is 12.1 Å². The summed E-state index contributed by atoms with van der Waals surface area (Å²) in [5.41, 5.74) is 1.74. The predicted molar refractivity (Wildman–Crippen MR) is 204 cm³/mol. The topological polar surface area (TPSA) is 80.2 Å². The van der Waals surface area contributed by atoms with Gasteiger partial charge in [0.15, 0.2) is 23.1 Å². The monoisotopic (exact) mass is 715 g/mol. The molecule has 288 valence electrons. The van der Waals surface area contributed by atoms with Crippen molar-refractivity contribution in [3.63, 3.8) is 0 Å². The molecule has 0 spiro atoms. The largest absolute Gasteiger partial charge is 0.505 e. The summed E-state index contributed by atoms with van der Waals surface area (Å²) in [6.07, 6.45) is 23.6. The Morgan fingerprint density at radius 3 is 1.25 bits per heavy atom. The van der Waals surface area contributed by atoms with Crippen molar-refractivity contribution in [3.8, 4) is 11.5 Å². The summed E-state index contributed by atoms with van der Waals surface area (Å²) >= 11 is 0. The third-order valence-corrected chi connectivity index (χ3v) is 10.8. The minimum Gasteiger partial charge on any atom is -0.505 e. The molecule has 0 radical (unpaired) electrons. The molecule has 51 heavy (non-hydrogen) atoms. The number of hydrogen-bond donors (Lipinski definition) is 4. The van der Waals surface area contributed by atoms with Crippen LogP contribution >= 0.6 is 0 Å². The smallest absolute Gasteiger partial charge is 0.165 e. The van der Waals surface area contributed by atoms with Crippen LogP contribution < -0.4 is 10.6 Å². The van der Waals surface area contributed by atoms with Gasteiger partial charge in [-0.2, -0.15) is 0 Å². The molecule has 9 heteroatoms. The lowest BCUT2D eigenvalue weighted by Crippen LogP contribution is -2.42. The fraction of sp³-hybridized carbons (Fsp3) is 0.714. The number of ether oxygens (including phenoxy) is 1. The summed E-state index contributed by atoms with van der Waals surface area (Å²) in [6.45, 7) is 10.4.